The van der Waals surface area contributed by atoms with E-state index in [0.717, 1.165) is 57.0 Å². The molecule has 1 aliphatic rings. The van der Waals surface area contributed by atoms with Crippen LogP contribution in [0.15, 0.2) is 23.2 Å². The maximum absolute atomic E-state index is 6.23. The number of nitrogens with zero attached hydrogens (tertiary/aromatic N) is 2. The van der Waals surface area contributed by atoms with Crippen LogP contribution in [0.4, 0.5) is 0 Å². The molecule has 0 aromatic heterocycles. The van der Waals surface area contributed by atoms with Gasteiger partial charge in [-0.1, -0.05) is 29.3 Å². The van der Waals surface area contributed by atoms with E-state index in [9.17, 15) is 0 Å². The van der Waals surface area contributed by atoms with E-state index in [1.54, 1.807) is 0 Å². The average molecular weight is 372 g/mol. The standard InChI is InChI=1S/C18H27Cl2N3O/c1-3-21-18(23-12-9-14(10-13-23)24-4-2)22-11-8-15-16(19)6-5-7-17(15)20/h5-7,14H,3-4,8-13H2,1-2H3,(H,21,22). The first kappa shape index (κ1) is 19.4. The Balaban J connectivity index is 1.94. The van der Waals surface area contributed by atoms with Crippen molar-refractivity contribution in [1.29, 1.82) is 0 Å². The van der Waals surface area contributed by atoms with Gasteiger partial charge in [-0.25, -0.2) is 0 Å². The Bertz CT molecular complexity index is 523. The summed E-state index contributed by atoms with van der Waals surface area (Å²) < 4.78 is 5.72. The summed E-state index contributed by atoms with van der Waals surface area (Å²) in [7, 11) is 0. The van der Waals surface area contributed by atoms with Crippen LogP contribution in [-0.4, -0.2) is 49.7 Å². The largest absolute Gasteiger partial charge is 0.378 e. The molecule has 2 rings (SSSR count). The highest BCUT2D eigenvalue weighted by atomic mass is 35.5. The molecule has 24 heavy (non-hydrogen) atoms. The highest BCUT2D eigenvalue weighted by Gasteiger charge is 2.21. The Kier molecular flexibility index (Phi) is 8.16. The highest BCUT2D eigenvalue weighted by molar-refractivity contribution is 6.35. The molecule has 0 amide bonds. The Labute approximate surface area is 155 Å². The first-order valence-electron chi connectivity index (χ1n) is 8.73. The van der Waals surface area contributed by atoms with Gasteiger partial charge in [-0.05, 0) is 50.8 Å². The number of rotatable bonds is 6. The van der Waals surface area contributed by atoms with Gasteiger partial charge in [-0.15, -0.1) is 0 Å². The lowest BCUT2D eigenvalue weighted by Crippen LogP contribution is -2.47. The van der Waals surface area contributed by atoms with Crippen LogP contribution in [-0.2, 0) is 11.2 Å². The number of likely N-dealkylation sites (tertiary alicyclic amines) is 1. The average Bonchev–Trinajstić information content (AvgIpc) is 2.58. The van der Waals surface area contributed by atoms with Crippen LogP contribution in [0.1, 0.15) is 32.3 Å². The summed E-state index contributed by atoms with van der Waals surface area (Å²) in [6, 6.07) is 5.61. The Morgan fingerprint density at radius 1 is 1.25 bits per heavy atom. The van der Waals surface area contributed by atoms with Crippen molar-refractivity contribution >= 4 is 29.2 Å². The van der Waals surface area contributed by atoms with E-state index >= 15 is 0 Å². The minimum atomic E-state index is 0.385. The molecular formula is C18H27Cl2N3O. The second kappa shape index (κ2) is 10.1. The predicted octanol–water partition coefficient (Wildman–Crippen LogP) is 4.00. The minimum absolute atomic E-state index is 0.385. The molecule has 1 fully saturated rings. The quantitative estimate of drug-likeness (QED) is 0.606. The smallest absolute Gasteiger partial charge is 0.193 e. The van der Waals surface area contributed by atoms with Crippen molar-refractivity contribution in [1.82, 2.24) is 10.2 Å². The monoisotopic (exact) mass is 371 g/mol. The molecule has 0 aliphatic carbocycles. The number of hydrogen-bond acceptors (Lipinski definition) is 2. The van der Waals surface area contributed by atoms with Crippen molar-refractivity contribution in [3.8, 4) is 0 Å². The van der Waals surface area contributed by atoms with Gasteiger partial charge in [0.05, 0.1) is 6.10 Å². The van der Waals surface area contributed by atoms with Gasteiger partial charge in [0, 0.05) is 42.8 Å². The SMILES string of the molecule is CCNC(=NCCc1c(Cl)cccc1Cl)N1CCC(OCC)CC1. The van der Waals surface area contributed by atoms with Crippen LogP contribution in [0.3, 0.4) is 0 Å². The second-order valence-electron chi connectivity index (χ2n) is 5.83. The van der Waals surface area contributed by atoms with E-state index in [1.165, 1.54) is 0 Å². The predicted molar refractivity (Wildman–Crippen MR) is 102 cm³/mol. The number of aliphatic imine (C=N–C) groups is 1. The van der Waals surface area contributed by atoms with Crippen LogP contribution in [0.25, 0.3) is 0 Å². The van der Waals surface area contributed by atoms with Gasteiger partial charge < -0.3 is 15.0 Å². The Hall–Kier alpha value is -0.970. The van der Waals surface area contributed by atoms with E-state index < -0.39 is 0 Å². The van der Waals surface area contributed by atoms with Gasteiger partial charge >= 0.3 is 0 Å². The van der Waals surface area contributed by atoms with E-state index in [1.807, 2.05) is 18.2 Å². The van der Waals surface area contributed by atoms with Crippen LogP contribution in [0.5, 0.6) is 0 Å². The fourth-order valence-corrected chi connectivity index (χ4v) is 3.53. The van der Waals surface area contributed by atoms with Gasteiger partial charge in [-0.2, -0.15) is 0 Å². The zero-order chi connectivity index (χ0) is 17.4. The third-order valence-corrected chi connectivity index (χ3v) is 4.87. The normalized spacial score (nSPS) is 16.5. The lowest BCUT2D eigenvalue weighted by atomic mass is 10.1. The van der Waals surface area contributed by atoms with Crippen molar-refractivity contribution in [2.75, 3.05) is 32.8 Å². The molecule has 4 nitrogen and oxygen atoms in total. The van der Waals surface area contributed by atoms with Gasteiger partial charge in [0.1, 0.15) is 0 Å². The Morgan fingerprint density at radius 2 is 1.92 bits per heavy atom. The third kappa shape index (κ3) is 5.54. The molecule has 1 saturated heterocycles. The third-order valence-electron chi connectivity index (χ3n) is 4.16. The second-order valence-corrected chi connectivity index (χ2v) is 6.64. The zero-order valence-corrected chi connectivity index (χ0v) is 16.0. The van der Waals surface area contributed by atoms with Crippen LogP contribution < -0.4 is 5.32 Å². The molecule has 1 aliphatic heterocycles. The van der Waals surface area contributed by atoms with E-state index in [-0.39, 0.29) is 0 Å². The minimum Gasteiger partial charge on any atom is -0.378 e. The first-order chi connectivity index (χ1) is 11.7. The van der Waals surface area contributed by atoms with Gasteiger partial charge in [0.15, 0.2) is 5.96 Å². The highest BCUT2D eigenvalue weighted by Crippen LogP contribution is 2.24. The number of guanidine groups is 1. The molecule has 0 saturated carbocycles. The summed E-state index contributed by atoms with van der Waals surface area (Å²) in [6.07, 6.45) is 3.22. The van der Waals surface area contributed by atoms with E-state index in [4.69, 9.17) is 32.9 Å². The Morgan fingerprint density at radius 3 is 2.50 bits per heavy atom. The van der Waals surface area contributed by atoms with Crippen LogP contribution >= 0.6 is 23.2 Å². The molecular weight excluding hydrogens is 345 g/mol. The first-order valence-corrected chi connectivity index (χ1v) is 9.49. The molecule has 6 heteroatoms. The number of hydrogen-bond donors (Lipinski definition) is 1. The molecule has 0 unspecified atom stereocenters. The number of nitrogens with one attached hydrogen (secondary N) is 1. The summed E-state index contributed by atoms with van der Waals surface area (Å²) in [4.78, 5) is 7.07. The van der Waals surface area contributed by atoms with E-state index in [2.05, 4.69) is 24.1 Å². The molecule has 0 radical (unpaired) electrons. The van der Waals surface area contributed by atoms with Gasteiger partial charge in [0.2, 0.25) is 0 Å². The molecule has 1 N–H and O–H groups in total. The molecule has 0 bridgehead atoms. The molecule has 1 aromatic rings. The summed E-state index contributed by atoms with van der Waals surface area (Å²) in [5.74, 6) is 0.968. The van der Waals surface area contributed by atoms with Gasteiger partial charge in [-0.3, -0.25) is 4.99 Å². The fraction of sp³-hybridized carbons (Fsp3) is 0.611. The summed E-state index contributed by atoms with van der Waals surface area (Å²) in [5, 5.41) is 4.80. The maximum Gasteiger partial charge on any atom is 0.193 e. The molecule has 0 spiro atoms. The topological polar surface area (TPSA) is 36.9 Å². The van der Waals surface area contributed by atoms with Crippen LogP contribution in [0, 0.1) is 0 Å². The van der Waals surface area contributed by atoms with E-state index in [0.29, 0.717) is 22.7 Å². The van der Waals surface area contributed by atoms with Crippen molar-refractivity contribution in [2.24, 2.45) is 4.99 Å². The molecule has 1 heterocycles. The number of halogens is 2. The molecule has 1 aromatic carbocycles. The lowest BCUT2D eigenvalue weighted by molar-refractivity contribution is 0.0264. The van der Waals surface area contributed by atoms with Crippen molar-refractivity contribution < 1.29 is 4.74 Å². The van der Waals surface area contributed by atoms with Crippen LogP contribution in [0.2, 0.25) is 10.0 Å². The molecule has 0 atom stereocenters. The van der Waals surface area contributed by atoms with Crippen molar-refractivity contribution in [3.05, 3.63) is 33.8 Å². The summed E-state index contributed by atoms with van der Waals surface area (Å²) in [6.45, 7) is 8.41. The number of ether oxygens (including phenoxy) is 1. The number of benzene rings is 1. The van der Waals surface area contributed by atoms with Crippen molar-refractivity contribution in [2.45, 2.75) is 39.2 Å². The lowest BCUT2D eigenvalue weighted by Gasteiger charge is -2.34. The summed E-state index contributed by atoms with van der Waals surface area (Å²) >= 11 is 12.5. The van der Waals surface area contributed by atoms with Gasteiger partial charge in [0.25, 0.3) is 0 Å². The summed E-state index contributed by atoms with van der Waals surface area (Å²) in [5.41, 5.74) is 0.968. The number of piperidine rings is 1. The maximum atomic E-state index is 6.23. The van der Waals surface area contributed by atoms with Crippen molar-refractivity contribution in [3.63, 3.8) is 0 Å². The fourth-order valence-electron chi connectivity index (χ4n) is 2.94. The zero-order valence-electron chi connectivity index (χ0n) is 14.5. The molecule has 134 valence electrons.